The Morgan fingerprint density at radius 3 is 2.44 bits per heavy atom. The second-order valence-corrected chi connectivity index (χ2v) is 10.3. The number of carbonyl (C=O) groups excluding carboxylic acids is 1. The van der Waals surface area contributed by atoms with Gasteiger partial charge in [-0.2, -0.15) is 13.2 Å². The predicted molar refractivity (Wildman–Crippen MR) is 133 cm³/mol. The standard InChI is InChI=1S/C28H31F3N4O/c1-19(2)21-7-8-24-23(16-21)27(9-12-34(13-10-27)18-25-32-11-14-33(25)3)26(36)35(24)17-20-5-4-6-22(15-20)28(29,30)31/h4-8,11,14-16,19H,9-10,12-13,17-18H2,1-3H3. The maximum absolute atomic E-state index is 14.1. The first kappa shape index (κ1) is 24.6. The minimum absolute atomic E-state index is 0.00698. The van der Waals surface area contributed by atoms with Gasteiger partial charge in [0.2, 0.25) is 5.91 Å². The number of hydrogen-bond donors (Lipinski definition) is 0. The number of hydrogen-bond acceptors (Lipinski definition) is 3. The summed E-state index contributed by atoms with van der Waals surface area (Å²) in [4.78, 5) is 22.5. The summed E-state index contributed by atoms with van der Waals surface area (Å²) in [7, 11) is 1.98. The average Bonchev–Trinajstić information content (AvgIpc) is 3.34. The lowest BCUT2D eigenvalue weighted by Crippen LogP contribution is -2.48. The molecule has 1 spiro atoms. The Balaban J connectivity index is 1.45. The molecule has 3 heterocycles. The lowest BCUT2D eigenvalue weighted by Gasteiger charge is -2.38. The maximum Gasteiger partial charge on any atom is 0.416 e. The second-order valence-electron chi connectivity index (χ2n) is 10.3. The summed E-state index contributed by atoms with van der Waals surface area (Å²) in [5.41, 5.74) is 2.12. The normalized spacial score (nSPS) is 17.9. The molecule has 8 heteroatoms. The number of piperidine rings is 1. The molecule has 0 unspecified atom stereocenters. The molecule has 190 valence electrons. The zero-order chi connectivity index (χ0) is 25.7. The molecule has 2 aliphatic heterocycles. The Morgan fingerprint density at radius 2 is 1.81 bits per heavy atom. The van der Waals surface area contributed by atoms with Gasteiger partial charge < -0.3 is 9.47 Å². The minimum atomic E-state index is -4.42. The van der Waals surface area contributed by atoms with Crippen molar-refractivity contribution in [2.75, 3.05) is 18.0 Å². The van der Waals surface area contributed by atoms with E-state index >= 15 is 0 Å². The predicted octanol–water partition coefficient (Wildman–Crippen LogP) is 5.64. The van der Waals surface area contributed by atoms with Crippen LogP contribution in [0.5, 0.6) is 0 Å². The molecule has 5 nitrogen and oxygen atoms in total. The van der Waals surface area contributed by atoms with Gasteiger partial charge >= 0.3 is 6.18 Å². The highest BCUT2D eigenvalue weighted by atomic mass is 19.4. The number of alkyl halides is 3. The summed E-state index contributed by atoms with van der Waals surface area (Å²) >= 11 is 0. The van der Waals surface area contributed by atoms with Crippen LogP contribution in [0.15, 0.2) is 54.9 Å². The number of aryl methyl sites for hydroxylation is 1. The number of fused-ring (bicyclic) bond motifs is 2. The van der Waals surface area contributed by atoms with Gasteiger partial charge in [0.25, 0.3) is 0 Å². The molecule has 1 aromatic heterocycles. The van der Waals surface area contributed by atoms with Gasteiger partial charge in [0, 0.05) is 25.1 Å². The third kappa shape index (κ3) is 4.32. The molecule has 3 aromatic rings. The van der Waals surface area contributed by atoms with Crippen LogP contribution in [0.4, 0.5) is 18.9 Å². The van der Waals surface area contributed by atoms with Gasteiger partial charge in [-0.1, -0.05) is 38.1 Å². The average molecular weight is 497 g/mol. The van der Waals surface area contributed by atoms with Crippen molar-refractivity contribution in [3.63, 3.8) is 0 Å². The fraction of sp³-hybridized carbons (Fsp3) is 0.429. The van der Waals surface area contributed by atoms with E-state index in [9.17, 15) is 18.0 Å². The number of benzene rings is 2. The molecule has 0 N–H and O–H groups in total. The number of amides is 1. The largest absolute Gasteiger partial charge is 0.416 e. The Bertz CT molecular complexity index is 1270. The van der Waals surface area contributed by atoms with Crippen molar-refractivity contribution in [1.29, 1.82) is 0 Å². The van der Waals surface area contributed by atoms with Gasteiger partial charge in [0.1, 0.15) is 5.82 Å². The van der Waals surface area contributed by atoms with Crippen LogP contribution in [0, 0.1) is 0 Å². The summed E-state index contributed by atoms with van der Waals surface area (Å²) in [6.07, 6.45) is 0.636. The van der Waals surface area contributed by atoms with E-state index in [1.54, 1.807) is 17.2 Å². The first-order valence-electron chi connectivity index (χ1n) is 12.4. The first-order chi connectivity index (χ1) is 17.1. The Labute approximate surface area is 209 Å². The van der Waals surface area contributed by atoms with E-state index in [1.807, 2.05) is 29.9 Å². The van der Waals surface area contributed by atoms with Gasteiger partial charge in [-0.25, -0.2) is 4.98 Å². The number of rotatable bonds is 5. The number of carbonyl (C=O) groups is 1. The van der Waals surface area contributed by atoms with Gasteiger partial charge in [-0.3, -0.25) is 9.69 Å². The van der Waals surface area contributed by atoms with Crippen molar-refractivity contribution in [2.45, 2.75) is 57.3 Å². The molecule has 1 fully saturated rings. The van der Waals surface area contributed by atoms with Crippen LogP contribution in [-0.4, -0.2) is 33.4 Å². The number of nitrogens with zero attached hydrogens (tertiary/aromatic N) is 4. The quantitative estimate of drug-likeness (QED) is 0.459. The zero-order valence-corrected chi connectivity index (χ0v) is 20.8. The topological polar surface area (TPSA) is 41.4 Å². The van der Waals surface area contributed by atoms with E-state index in [0.717, 1.165) is 54.4 Å². The van der Waals surface area contributed by atoms with Crippen LogP contribution in [-0.2, 0) is 36.5 Å². The minimum Gasteiger partial charge on any atom is -0.337 e. The smallest absolute Gasteiger partial charge is 0.337 e. The van der Waals surface area contributed by atoms with E-state index in [0.29, 0.717) is 24.3 Å². The molecule has 0 atom stereocenters. The van der Waals surface area contributed by atoms with Crippen molar-refractivity contribution in [3.8, 4) is 0 Å². The van der Waals surface area contributed by atoms with Crippen molar-refractivity contribution < 1.29 is 18.0 Å². The van der Waals surface area contributed by atoms with Gasteiger partial charge in [-0.15, -0.1) is 0 Å². The molecule has 1 saturated heterocycles. The monoisotopic (exact) mass is 496 g/mol. The summed E-state index contributed by atoms with van der Waals surface area (Å²) in [6.45, 7) is 6.60. The molecule has 1 amide bonds. The Kier molecular flexibility index (Phi) is 6.19. The van der Waals surface area contributed by atoms with Gasteiger partial charge in [0.15, 0.2) is 0 Å². The zero-order valence-electron chi connectivity index (χ0n) is 20.8. The molecular formula is C28H31F3N4O. The van der Waals surface area contributed by atoms with E-state index in [1.165, 1.54) is 6.07 Å². The van der Waals surface area contributed by atoms with E-state index in [4.69, 9.17) is 0 Å². The van der Waals surface area contributed by atoms with Crippen molar-refractivity contribution >= 4 is 11.6 Å². The molecule has 36 heavy (non-hydrogen) atoms. The molecule has 0 aliphatic carbocycles. The SMILES string of the molecule is CC(C)c1ccc2c(c1)C1(CCN(Cc3nccn3C)CC1)C(=O)N2Cc1cccc(C(F)(F)F)c1. The van der Waals surface area contributed by atoms with Crippen LogP contribution in [0.1, 0.15) is 60.7 Å². The molecule has 0 radical (unpaired) electrons. The third-order valence-corrected chi connectivity index (χ3v) is 7.74. The van der Waals surface area contributed by atoms with E-state index < -0.39 is 17.2 Å². The highest BCUT2D eigenvalue weighted by Crippen LogP contribution is 2.49. The van der Waals surface area contributed by atoms with Crippen molar-refractivity contribution in [3.05, 3.63) is 82.9 Å². The van der Waals surface area contributed by atoms with E-state index in [2.05, 4.69) is 29.8 Å². The third-order valence-electron chi connectivity index (χ3n) is 7.74. The second kappa shape index (κ2) is 9.07. The van der Waals surface area contributed by atoms with Crippen LogP contribution >= 0.6 is 0 Å². The number of halogens is 3. The fourth-order valence-corrected chi connectivity index (χ4v) is 5.52. The highest BCUT2D eigenvalue weighted by Gasteiger charge is 2.52. The molecule has 2 aliphatic rings. The molecule has 0 bridgehead atoms. The van der Waals surface area contributed by atoms with Gasteiger partial charge in [-0.05, 0) is 66.7 Å². The van der Waals surface area contributed by atoms with Crippen molar-refractivity contribution in [1.82, 2.24) is 14.5 Å². The van der Waals surface area contributed by atoms with Crippen LogP contribution < -0.4 is 4.90 Å². The Morgan fingerprint density at radius 1 is 1.06 bits per heavy atom. The molecule has 5 rings (SSSR count). The summed E-state index contributed by atoms with van der Waals surface area (Å²) in [6, 6.07) is 11.4. The molecule has 0 saturated carbocycles. The number of likely N-dealkylation sites (tertiary alicyclic amines) is 1. The van der Waals surface area contributed by atoms with Gasteiger partial charge in [0.05, 0.1) is 24.1 Å². The summed E-state index contributed by atoms with van der Waals surface area (Å²) < 4.78 is 41.9. The number of aromatic nitrogens is 2. The lowest BCUT2D eigenvalue weighted by molar-refractivity contribution is -0.137. The van der Waals surface area contributed by atoms with E-state index in [-0.39, 0.29) is 12.5 Å². The maximum atomic E-state index is 14.1. The number of anilines is 1. The van der Waals surface area contributed by atoms with Crippen LogP contribution in [0.3, 0.4) is 0 Å². The molecule has 2 aromatic carbocycles. The van der Waals surface area contributed by atoms with Crippen LogP contribution in [0.25, 0.3) is 0 Å². The highest BCUT2D eigenvalue weighted by molar-refractivity contribution is 6.08. The summed E-state index contributed by atoms with van der Waals surface area (Å²) in [5.74, 6) is 1.29. The number of imidazole rings is 1. The van der Waals surface area contributed by atoms with Crippen molar-refractivity contribution in [2.24, 2.45) is 7.05 Å². The molecular weight excluding hydrogens is 465 g/mol. The van der Waals surface area contributed by atoms with Crippen LogP contribution in [0.2, 0.25) is 0 Å². The fourth-order valence-electron chi connectivity index (χ4n) is 5.52. The lowest BCUT2D eigenvalue weighted by atomic mass is 9.73. The summed E-state index contributed by atoms with van der Waals surface area (Å²) in [5, 5.41) is 0. The Hall–Kier alpha value is -3.13. The first-order valence-corrected chi connectivity index (χ1v) is 12.4.